The maximum atomic E-state index is 5.85. The van der Waals surface area contributed by atoms with Gasteiger partial charge in [-0.15, -0.1) is 0 Å². The molecule has 2 rings (SSSR count). The number of nitrogens with two attached hydrogens (primary N) is 1. The van der Waals surface area contributed by atoms with Crippen molar-refractivity contribution >= 4 is 11.6 Å². The molecule has 0 bridgehead atoms. The molecule has 0 saturated heterocycles. The Labute approximate surface area is 92.0 Å². The number of hydrogen-bond acceptors (Lipinski definition) is 4. The van der Waals surface area contributed by atoms with Gasteiger partial charge < -0.3 is 10.3 Å². The molecular formula is C10H10ClN3O. The van der Waals surface area contributed by atoms with Crippen LogP contribution in [-0.2, 0) is 0 Å². The minimum absolute atomic E-state index is 0.259. The second-order valence-electron chi connectivity index (χ2n) is 3.26. The molecule has 1 aromatic carbocycles. The van der Waals surface area contributed by atoms with Gasteiger partial charge in [0.25, 0.3) is 0 Å². The molecule has 4 nitrogen and oxygen atoms in total. The molecule has 0 aliphatic carbocycles. The van der Waals surface area contributed by atoms with Gasteiger partial charge in [-0.2, -0.15) is 4.98 Å². The Morgan fingerprint density at radius 1 is 1.47 bits per heavy atom. The Kier molecular flexibility index (Phi) is 2.70. The van der Waals surface area contributed by atoms with Crippen LogP contribution < -0.4 is 5.73 Å². The molecule has 0 aliphatic rings. The van der Waals surface area contributed by atoms with Gasteiger partial charge in [0.2, 0.25) is 11.7 Å². The van der Waals surface area contributed by atoms with Gasteiger partial charge in [0.1, 0.15) is 0 Å². The fourth-order valence-corrected chi connectivity index (χ4v) is 1.36. The molecule has 0 amide bonds. The topological polar surface area (TPSA) is 64.9 Å². The number of halogens is 1. The lowest BCUT2D eigenvalue weighted by Crippen LogP contribution is -2.04. The summed E-state index contributed by atoms with van der Waals surface area (Å²) in [6, 6.07) is 7.00. The van der Waals surface area contributed by atoms with Gasteiger partial charge in [0, 0.05) is 10.6 Å². The summed E-state index contributed by atoms with van der Waals surface area (Å²) in [5, 5.41) is 4.46. The first kappa shape index (κ1) is 10.1. The van der Waals surface area contributed by atoms with Crippen molar-refractivity contribution < 1.29 is 4.52 Å². The van der Waals surface area contributed by atoms with E-state index in [1.165, 1.54) is 0 Å². The average Bonchev–Trinajstić information content (AvgIpc) is 2.66. The van der Waals surface area contributed by atoms with E-state index in [-0.39, 0.29) is 6.04 Å². The molecule has 1 heterocycles. The van der Waals surface area contributed by atoms with Crippen molar-refractivity contribution in [3.8, 4) is 11.4 Å². The summed E-state index contributed by atoms with van der Waals surface area (Å²) in [6.45, 7) is 1.79. The lowest BCUT2D eigenvalue weighted by Gasteiger charge is -1.95. The first-order valence-electron chi connectivity index (χ1n) is 4.52. The Hall–Kier alpha value is -1.39. The summed E-state index contributed by atoms with van der Waals surface area (Å²) >= 11 is 5.85. The van der Waals surface area contributed by atoms with Crippen LogP contribution in [0.15, 0.2) is 28.8 Å². The Bertz CT molecular complexity index is 467. The van der Waals surface area contributed by atoms with Gasteiger partial charge in [-0.1, -0.05) is 28.9 Å². The average molecular weight is 224 g/mol. The highest BCUT2D eigenvalue weighted by Gasteiger charge is 2.11. The number of rotatable bonds is 2. The minimum Gasteiger partial charge on any atom is -0.337 e. The molecular weight excluding hydrogens is 214 g/mol. The summed E-state index contributed by atoms with van der Waals surface area (Å²) in [5.74, 6) is 0.926. The van der Waals surface area contributed by atoms with Gasteiger partial charge in [-0.3, -0.25) is 0 Å². The molecule has 2 aromatic rings. The zero-order valence-electron chi connectivity index (χ0n) is 8.14. The number of benzene rings is 1. The highest BCUT2D eigenvalue weighted by molar-refractivity contribution is 6.30. The van der Waals surface area contributed by atoms with Gasteiger partial charge in [0.15, 0.2) is 0 Å². The van der Waals surface area contributed by atoms with Crippen molar-refractivity contribution in [3.05, 3.63) is 35.2 Å². The number of hydrogen-bond donors (Lipinski definition) is 1. The molecule has 78 valence electrons. The van der Waals surface area contributed by atoms with Gasteiger partial charge >= 0.3 is 0 Å². The third kappa shape index (κ3) is 2.16. The molecule has 15 heavy (non-hydrogen) atoms. The van der Waals surface area contributed by atoms with E-state index >= 15 is 0 Å². The second kappa shape index (κ2) is 4.00. The maximum Gasteiger partial charge on any atom is 0.243 e. The van der Waals surface area contributed by atoms with Crippen molar-refractivity contribution in [2.45, 2.75) is 13.0 Å². The van der Waals surface area contributed by atoms with E-state index < -0.39 is 0 Å². The van der Waals surface area contributed by atoms with Crippen LogP contribution in [0.5, 0.6) is 0 Å². The lowest BCUT2D eigenvalue weighted by atomic mass is 10.2. The Morgan fingerprint density at radius 3 is 2.87 bits per heavy atom. The zero-order valence-corrected chi connectivity index (χ0v) is 8.90. The predicted octanol–water partition coefficient (Wildman–Crippen LogP) is 2.41. The first-order valence-corrected chi connectivity index (χ1v) is 4.90. The fraction of sp³-hybridized carbons (Fsp3) is 0.200. The molecule has 0 fully saturated rings. The van der Waals surface area contributed by atoms with Gasteiger partial charge in [0.05, 0.1) is 6.04 Å². The van der Waals surface area contributed by atoms with Crippen LogP contribution in [0.3, 0.4) is 0 Å². The van der Waals surface area contributed by atoms with E-state index in [1.54, 1.807) is 19.1 Å². The van der Waals surface area contributed by atoms with E-state index in [0.717, 1.165) is 5.56 Å². The molecule has 0 radical (unpaired) electrons. The number of aromatic nitrogens is 2. The van der Waals surface area contributed by atoms with Crippen molar-refractivity contribution in [3.63, 3.8) is 0 Å². The SMILES string of the molecule is C[C@H](N)c1nc(-c2cccc(Cl)c2)no1. The van der Waals surface area contributed by atoms with E-state index in [4.69, 9.17) is 21.9 Å². The summed E-state index contributed by atoms with van der Waals surface area (Å²) in [6.07, 6.45) is 0. The van der Waals surface area contributed by atoms with E-state index in [1.807, 2.05) is 12.1 Å². The lowest BCUT2D eigenvalue weighted by molar-refractivity contribution is 0.362. The Balaban J connectivity index is 2.37. The molecule has 1 aromatic heterocycles. The summed E-state index contributed by atoms with van der Waals surface area (Å²) in [5.41, 5.74) is 6.43. The minimum atomic E-state index is -0.259. The third-order valence-electron chi connectivity index (χ3n) is 1.91. The largest absolute Gasteiger partial charge is 0.337 e. The first-order chi connectivity index (χ1) is 7.16. The third-order valence-corrected chi connectivity index (χ3v) is 2.15. The van der Waals surface area contributed by atoms with Crippen LogP contribution in [0.2, 0.25) is 5.02 Å². The van der Waals surface area contributed by atoms with Crippen LogP contribution in [0.25, 0.3) is 11.4 Å². The molecule has 0 aliphatic heterocycles. The fourth-order valence-electron chi connectivity index (χ4n) is 1.16. The predicted molar refractivity (Wildman–Crippen MR) is 57.3 cm³/mol. The molecule has 0 saturated carbocycles. The quantitative estimate of drug-likeness (QED) is 0.849. The molecule has 5 heteroatoms. The van der Waals surface area contributed by atoms with Crippen molar-refractivity contribution in [2.24, 2.45) is 5.73 Å². The standard InChI is InChI=1S/C10H10ClN3O/c1-6(12)10-13-9(14-15-10)7-3-2-4-8(11)5-7/h2-6H,12H2,1H3/t6-/m0/s1. The van der Waals surface area contributed by atoms with Crippen molar-refractivity contribution in [2.75, 3.05) is 0 Å². The van der Waals surface area contributed by atoms with Gasteiger partial charge in [-0.25, -0.2) is 0 Å². The molecule has 1 atom stereocenters. The Morgan fingerprint density at radius 2 is 2.27 bits per heavy atom. The van der Waals surface area contributed by atoms with Crippen molar-refractivity contribution in [1.29, 1.82) is 0 Å². The van der Waals surface area contributed by atoms with Crippen molar-refractivity contribution in [1.82, 2.24) is 10.1 Å². The second-order valence-corrected chi connectivity index (χ2v) is 3.69. The monoisotopic (exact) mass is 223 g/mol. The molecule has 0 unspecified atom stereocenters. The highest BCUT2D eigenvalue weighted by atomic mass is 35.5. The van der Waals surface area contributed by atoms with Crippen LogP contribution in [0.1, 0.15) is 18.9 Å². The van der Waals surface area contributed by atoms with Crippen LogP contribution in [0, 0.1) is 0 Å². The van der Waals surface area contributed by atoms with E-state index in [2.05, 4.69) is 10.1 Å². The highest BCUT2D eigenvalue weighted by Crippen LogP contribution is 2.20. The smallest absolute Gasteiger partial charge is 0.243 e. The van der Waals surface area contributed by atoms with E-state index in [0.29, 0.717) is 16.7 Å². The summed E-state index contributed by atoms with van der Waals surface area (Å²) < 4.78 is 4.99. The number of nitrogens with zero attached hydrogens (tertiary/aromatic N) is 2. The van der Waals surface area contributed by atoms with Crippen LogP contribution in [0.4, 0.5) is 0 Å². The zero-order chi connectivity index (χ0) is 10.8. The van der Waals surface area contributed by atoms with E-state index in [9.17, 15) is 0 Å². The van der Waals surface area contributed by atoms with Gasteiger partial charge in [-0.05, 0) is 19.1 Å². The van der Waals surface area contributed by atoms with Crippen LogP contribution >= 0.6 is 11.6 Å². The van der Waals surface area contributed by atoms with Crippen LogP contribution in [-0.4, -0.2) is 10.1 Å². The molecule has 0 spiro atoms. The normalized spacial score (nSPS) is 12.7. The maximum absolute atomic E-state index is 5.85. The summed E-state index contributed by atoms with van der Waals surface area (Å²) in [7, 11) is 0. The summed E-state index contributed by atoms with van der Waals surface area (Å²) in [4.78, 5) is 4.16. The molecule has 2 N–H and O–H groups in total.